The van der Waals surface area contributed by atoms with Crippen molar-refractivity contribution in [2.45, 2.75) is 25.8 Å². The minimum absolute atomic E-state index is 0.214. The lowest BCUT2D eigenvalue weighted by molar-refractivity contribution is 0.0952. The number of amides is 1. The molecule has 0 radical (unpaired) electrons. The van der Waals surface area contributed by atoms with Gasteiger partial charge in [-0.15, -0.1) is 0 Å². The van der Waals surface area contributed by atoms with Crippen LogP contribution in [0.1, 0.15) is 47.3 Å². The molecule has 0 fully saturated rings. The Morgan fingerprint density at radius 3 is 2.36 bits per heavy atom. The van der Waals surface area contributed by atoms with Crippen LogP contribution in [0.25, 0.3) is 11.3 Å². The van der Waals surface area contributed by atoms with E-state index in [1.165, 1.54) is 11.8 Å². The molecular formula is C22H26N4O2. The average Bonchev–Trinajstić information content (AvgIpc) is 3.22. The van der Waals surface area contributed by atoms with Crippen molar-refractivity contribution >= 4 is 5.91 Å². The SMILES string of the molecule is COc1ccc(-c2[nH]ncc2C(=O)NCC(N)c2ccc(C(C)C)cc2)cc1. The monoisotopic (exact) mass is 378 g/mol. The number of methoxy groups -OCH3 is 1. The molecule has 0 aliphatic carbocycles. The molecule has 0 spiro atoms. The standard InChI is InChI=1S/C22H26N4O2/c1-14(2)15-4-6-16(7-5-15)20(23)13-24-22(27)19-12-25-26-21(19)17-8-10-18(28-3)11-9-17/h4-12,14,20H,13,23H2,1-3H3,(H,24,27)(H,25,26). The predicted molar refractivity (Wildman–Crippen MR) is 110 cm³/mol. The second-order valence-corrected chi connectivity index (χ2v) is 7.03. The summed E-state index contributed by atoms with van der Waals surface area (Å²) in [6.07, 6.45) is 1.53. The van der Waals surface area contributed by atoms with E-state index in [9.17, 15) is 4.79 Å². The highest BCUT2D eigenvalue weighted by atomic mass is 16.5. The summed E-state index contributed by atoms with van der Waals surface area (Å²) in [6.45, 7) is 4.65. The van der Waals surface area contributed by atoms with E-state index in [1.807, 2.05) is 36.4 Å². The van der Waals surface area contributed by atoms with Crippen LogP contribution in [-0.4, -0.2) is 29.8 Å². The number of H-pyrrole nitrogens is 1. The summed E-state index contributed by atoms with van der Waals surface area (Å²) >= 11 is 0. The highest BCUT2D eigenvalue weighted by molar-refractivity contribution is 5.99. The Hall–Kier alpha value is -3.12. The van der Waals surface area contributed by atoms with Crippen LogP contribution in [0.4, 0.5) is 0 Å². The molecule has 0 saturated carbocycles. The molecule has 146 valence electrons. The number of nitrogens with zero attached hydrogens (tertiary/aromatic N) is 1. The predicted octanol–water partition coefficient (Wildman–Crippen LogP) is 3.64. The number of carbonyl (C=O) groups is 1. The van der Waals surface area contributed by atoms with Crippen molar-refractivity contribution in [1.82, 2.24) is 15.5 Å². The van der Waals surface area contributed by atoms with Gasteiger partial charge in [0.2, 0.25) is 0 Å². The summed E-state index contributed by atoms with van der Waals surface area (Å²) in [5, 5.41) is 9.82. The molecule has 0 saturated heterocycles. The Labute approximate surface area is 165 Å². The number of benzene rings is 2. The van der Waals surface area contributed by atoms with E-state index in [0.29, 0.717) is 23.7 Å². The lowest BCUT2D eigenvalue weighted by atomic mass is 9.99. The maximum Gasteiger partial charge on any atom is 0.255 e. The number of rotatable bonds is 7. The van der Waals surface area contributed by atoms with Gasteiger partial charge in [-0.05, 0) is 41.3 Å². The number of hydrogen-bond donors (Lipinski definition) is 3. The van der Waals surface area contributed by atoms with Gasteiger partial charge in [-0.2, -0.15) is 5.10 Å². The van der Waals surface area contributed by atoms with Crippen LogP contribution in [0.2, 0.25) is 0 Å². The smallest absolute Gasteiger partial charge is 0.255 e. The second-order valence-electron chi connectivity index (χ2n) is 7.03. The van der Waals surface area contributed by atoms with Gasteiger partial charge < -0.3 is 15.8 Å². The number of nitrogens with two attached hydrogens (primary N) is 1. The Balaban J connectivity index is 1.66. The van der Waals surface area contributed by atoms with Gasteiger partial charge in [-0.25, -0.2) is 0 Å². The van der Waals surface area contributed by atoms with Crippen molar-refractivity contribution < 1.29 is 9.53 Å². The summed E-state index contributed by atoms with van der Waals surface area (Å²) in [5.74, 6) is 1.01. The number of hydrogen-bond acceptors (Lipinski definition) is 4. The first-order valence-electron chi connectivity index (χ1n) is 9.31. The number of carbonyl (C=O) groups excluding carboxylic acids is 1. The molecule has 3 aromatic rings. The summed E-state index contributed by atoms with van der Waals surface area (Å²) in [6, 6.07) is 15.4. The summed E-state index contributed by atoms with van der Waals surface area (Å²) in [7, 11) is 1.61. The fraction of sp³-hybridized carbons (Fsp3) is 0.273. The maximum absolute atomic E-state index is 12.7. The van der Waals surface area contributed by atoms with Crippen LogP contribution in [0.3, 0.4) is 0 Å². The zero-order valence-electron chi connectivity index (χ0n) is 16.4. The second kappa shape index (κ2) is 8.71. The van der Waals surface area contributed by atoms with Crippen molar-refractivity contribution in [3.63, 3.8) is 0 Å². The Morgan fingerprint density at radius 1 is 1.11 bits per heavy atom. The third-order valence-corrected chi connectivity index (χ3v) is 4.78. The summed E-state index contributed by atoms with van der Waals surface area (Å²) in [5.41, 5.74) is 10.5. The maximum atomic E-state index is 12.7. The first-order chi connectivity index (χ1) is 13.5. The molecule has 1 heterocycles. The zero-order chi connectivity index (χ0) is 20.1. The van der Waals surface area contributed by atoms with Gasteiger partial charge in [0, 0.05) is 18.2 Å². The van der Waals surface area contributed by atoms with E-state index in [1.54, 1.807) is 7.11 Å². The third kappa shape index (κ3) is 4.40. The first-order valence-corrected chi connectivity index (χ1v) is 9.31. The van der Waals surface area contributed by atoms with Crippen molar-refractivity contribution in [1.29, 1.82) is 0 Å². The average molecular weight is 378 g/mol. The van der Waals surface area contributed by atoms with Crippen molar-refractivity contribution in [2.24, 2.45) is 5.73 Å². The molecule has 6 nitrogen and oxygen atoms in total. The molecule has 1 unspecified atom stereocenters. The molecule has 6 heteroatoms. The molecule has 0 bridgehead atoms. The number of ether oxygens (including phenoxy) is 1. The van der Waals surface area contributed by atoms with E-state index in [2.05, 4.69) is 41.5 Å². The molecule has 3 rings (SSSR count). The summed E-state index contributed by atoms with van der Waals surface area (Å²) < 4.78 is 5.17. The van der Waals surface area contributed by atoms with Crippen LogP contribution < -0.4 is 15.8 Å². The number of nitrogens with one attached hydrogen (secondary N) is 2. The molecular weight excluding hydrogens is 352 g/mol. The van der Waals surface area contributed by atoms with Gasteiger partial charge in [0.05, 0.1) is 24.6 Å². The molecule has 4 N–H and O–H groups in total. The fourth-order valence-corrected chi connectivity index (χ4v) is 2.98. The minimum Gasteiger partial charge on any atom is -0.497 e. The Kier molecular flexibility index (Phi) is 6.11. The van der Waals surface area contributed by atoms with Crippen molar-refractivity contribution in [3.05, 3.63) is 71.4 Å². The number of aromatic nitrogens is 2. The Morgan fingerprint density at radius 2 is 1.75 bits per heavy atom. The van der Waals surface area contributed by atoms with Gasteiger partial charge in [0.1, 0.15) is 5.75 Å². The highest BCUT2D eigenvalue weighted by Gasteiger charge is 2.16. The molecule has 1 atom stereocenters. The minimum atomic E-state index is -0.276. The molecule has 28 heavy (non-hydrogen) atoms. The van der Waals surface area contributed by atoms with E-state index < -0.39 is 0 Å². The molecule has 0 aliphatic rings. The van der Waals surface area contributed by atoms with E-state index in [4.69, 9.17) is 10.5 Å². The molecule has 1 aromatic heterocycles. The van der Waals surface area contributed by atoms with E-state index >= 15 is 0 Å². The topological polar surface area (TPSA) is 93.0 Å². The fourth-order valence-electron chi connectivity index (χ4n) is 2.98. The third-order valence-electron chi connectivity index (χ3n) is 4.78. The van der Waals surface area contributed by atoms with Crippen molar-refractivity contribution in [2.75, 3.05) is 13.7 Å². The van der Waals surface area contributed by atoms with Crippen LogP contribution >= 0.6 is 0 Å². The summed E-state index contributed by atoms with van der Waals surface area (Å²) in [4.78, 5) is 12.7. The largest absolute Gasteiger partial charge is 0.497 e. The molecule has 2 aromatic carbocycles. The first kappa shape index (κ1) is 19.6. The van der Waals surface area contributed by atoms with E-state index in [0.717, 1.165) is 16.9 Å². The molecule has 1 amide bonds. The van der Waals surface area contributed by atoms with Crippen LogP contribution in [0, 0.1) is 0 Å². The van der Waals surface area contributed by atoms with E-state index in [-0.39, 0.29) is 11.9 Å². The van der Waals surface area contributed by atoms with Crippen molar-refractivity contribution in [3.8, 4) is 17.0 Å². The normalized spacial score (nSPS) is 12.0. The van der Waals surface area contributed by atoms with Gasteiger partial charge >= 0.3 is 0 Å². The van der Waals surface area contributed by atoms with Crippen LogP contribution in [-0.2, 0) is 0 Å². The van der Waals surface area contributed by atoms with Gasteiger partial charge in [-0.1, -0.05) is 38.1 Å². The quantitative estimate of drug-likeness (QED) is 0.585. The van der Waals surface area contributed by atoms with Gasteiger partial charge in [0.25, 0.3) is 5.91 Å². The Bertz CT molecular complexity index is 914. The lowest BCUT2D eigenvalue weighted by Gasteiger charge is -2.14. The molecule has 0 aliphatic heterocycles. The number of aromatic amines is 1. The highest BCUT2D eigenvalue weighted by Crippen LogP contribution is 2.24. The van der Waals surface area contributed by atoms with Gasteiger partial charge in [-0.3, -0.25) is 9.89 Å². The lowest BCUT2D eigenvalue weighted by Crippen LogP contribution is -2.32. The van der Waals surface area contributed by atoms with Crippen LogP contribution in [0.15, 0.2) is 54.7 Å². The van der Waals surface area contributed by atoms with Crippen LogP contribution in [0.5, 0.6) is 5.75 Å². The zero-order valence-corrected chi connectivity index (χ0v) is 16.4. The van der Waals surface area contributed by atoms with Gasteiger partial charge in [0.15, 0.2) is 0 Å².